The molecular weight excluding hydrogens is 463 g/mol. The molecule has 13 heteroatoms. The first-order chi connectivity index (χ1) is 14.6. The van der Waals surface area contributed by atoms with Gasteiger partial charge in [0.05, 0.1) is 5.57 Å². The number of nitrogens with zero attached hydrogens (tertiary/aromatic N) is 1. The maximum atomic E-state index is 13.6. The summed E-state index contributed by atoms with van der Waals surface area (Å²) in [6.45, 7) is 5.37. The van der Waals surface area contributed by atoms with E-state index in [1.165, 1.54) is 12.1 Å². The summed E-state index contributed by atoms with van der Waals surface area (Å²) in [6.07, 6.45) is -8.30. The zero-order chi connectivity index (χ0) is 24.4. The first-order valence-electron chi connectivity index (χ1n) is 9.05. The lowest BCUT2D eigenvalue weighted by Crippen LogP contribution is -2.41. The molecule has 1 heterocycles. The smallest absolute Gasteiger partial charge is 0.430 e. The zero-order valence-corrected chi connectivity index (χ0v) is 18.1. The average molecular weight is 482 g/mol. The van der Waals surface area contributed by atoms with Crippen LogP contribution in [0.25, 0.3) is 6.08 Å². The molecule has 0 spiro atoms. The molecule has 0 saturated carbocycles. The van der Waals surface area contributed by atoms with Crippen molar-refractivity contribution < 1.29 is 46.9 Å². The summed E-state index contributed by atoms with van der Waals surface area (Å²) in [7, 11) is 0. The van der Waals surface area contributed by atoms with Crippen LogP contribution in [0, 0.1) is 10.1 Å². The minimum atomic E-state index is -4.96. The summed E-state index contributed by atoms with van der Waals surface area (Å²) >= 11 is 6.24. The first kappa shape index (κ1) is 25.2. The van der Waals surface area contributed by atoms with E-state index in [0.29, 0.717) is 5.56 Å². The minimum absolute atomic E-state index is 0.115. The number of ether oxygens (including phenoxy) is 3. The van der Waals surface area contributed by atoms with Gasteiger partial charge in [-0.15, -0.1) is 10.1 Å². The lowest BCUT2D eigenvalue weighted by molar-refractivity contribution is -0.764. The highest BCUT2D eigenvalue weighted by atomic mass is 35.5. The van der Waals surface area contributed by atoms with Crippen molar-refractivity contribution >= 4 is 29.6 Å². The van der Waals surface area contributed by atoms with Crippen LogP contribution < -0.4 is 4.74 Å². The van der Waals surface area contributed by atoms with E-state index in [0.717, 1.165) is 13.0 Å². The fourth-order valence-corrected chi connectivity index (χ4v) is 3.17. The maximum absolute atomic E-state index is 13.6. The number of rotatable bonds is 6. The van der Waals surface area contributed by atoms with Gasteiger partial charge in [-0.25, -0.2) is 9.59 Å². The first-order valence-corrected chi connectivity index (χ1v) is 9.43. The Morgan fingerprint density at radius 3 is 2.41 bits per heavy atom. The van der Waals surface area contributed by atoms with Crippen LogP contribution in [-0.2, 0) is 29.3 Å². The molecule has 1 aromatic carbocycles. The molecule has 0 bridgehead atoms. The Hall–Kier alpha value is -3.02. The predicted octanol–water partition coefficient (Wildman–Crippen LogP) is 3.98. The Labute approximate surface area is 185 Å². The predicted molar refractivity (Wildman–Crippen MR) is 103 cm³/mol. The van der Waals surface area contributed by atoms with Gasteiger partial charge in [0.25, 0.3) is 5.09 Å². The largest absolute Gasteiger partial charge is 0.475 e. The molecule has 0 aliphatic carbocycles. The van der Waals surface area contributed by atoms with E-state index in [1.807, 2.05) is 20.8 Å². The van der Waals surface area contributed by atoms with E-state index in [4.69, 9.17) is 16.3 Å². The average Bonchev–Trinajstić information content (AvgIpc) is 2.64. The Bertz CT molecular complexity index is 955. The number of alkyl halides is 3. The second-order valence-electron chi connectivity index (χ2n) is 7.74. The minimum Gasteiger partial charge on any atom is -0.475 e. The van der Waals surface area contributed by atoms with Gasteiger partial charge in [0.1, 0.15) is 5.75 Å². The quantitative estimate of drug-likeness (QED) is 0.259. The highest BCUT2D eigenvalue weighted by Gasteiger charge is 2.49. The molecule has 9 nitrogen and oxygen atoms in total. The normalized spacial score (nSPS) is 16.8. The highest BCUT2D eigenvalue weighted by Crippen LogP contribution is 2.42. The van der Waals surface area contributed by atoms with Gasteiger partial charge in [-0.2, -0.15) is 13.2 Å². The fourth-order valence-electron chi connectivity index (χ4n) is 2.72. The Morgan fingerprint density at radius 1 is 1.25 bits per heavy atom. The third kappa shape index (κ3) is 6.02. The molecule has 0 fully saturated rings. The summed E-state index contributed by atoms with van der Waals surface area (Å²) < 4.78 is 54.8. The van der Waals surface area contributed by atoms with Gasteiger partial charge < -0.3 is 14.2 Å². The van der Waals surface area contributed by atoms with Crippen LogP contribution in [0.3, 0.4) is 0 Å². The summed E-state index contributed by atoms with van der Waals surface area (Å²) in [5.74, 6) is -2.84. The number of carbonyl (C=O) groups excluding carboxylic acids is 2. The monoisotopic (exact) mass is 481 g/mol. The Balaban J connectivity index is 2.24. The number of fused-ring (bicyclic) bond motifs is 1. The lowest BCUT2D eigenvalue weighted by atomic mass is 9.85. The molecule has 0 amide bonds. The van der Waals surface area contributed by atoms with Crippen LogP contribution in [0.1, 0.15) is 38.8 Å². The van der Waals surface area contributed by atoms with Gasteiger partial charge in [0.2, 0.25) is 19.0 Å². The number of hydrogen-bond donors (Lipinski definition) is 0. The van der Waals surface area contributed by atoms with Gasteiger partial charge in [0.15, 0.2) is 0 Å². The van der Waals surface area contributed by atoms with E-state index in [2.05, 4.69) is 14.3 Å². The van der Waals surface area contributed by atoms with Crippen LogP contribution in [0.5, 0.6) is 5.75 Å². The SMILES string of the molecule is C[C@H](O[N+](=O)[O-])C(=O)OCOC(=O)C1=Cc2cc(Cl)c(C(C)(C)C)cc2OC1C(F)(F)F. The van der Waals surface area contributed by atoms with E-state index in [9.17, 15) is 32.9 Å². The number of esters is 2. The molecule has 1 aliphatic rings. The Kier molecular flexibility index (Phi) is 7.28. The second kappa shape index (κ2) is 9.23. The third-order valence-corrected chi connectivity index (χ3v) is 4.56. The van der Waals surface area contributed by atoms with E-state index < -0.39 is 53.2 Å². The number of carbonyl (C=O) groups is 2. The number of benzene rings is 1. The molecule has 1 unspecified atom stereocenters. The van der Waals surface area contributed by atoms with Gasteiger partial charge in [0, 0.05) is 10.6 Å². The van der Waals surface area contributed by atoms with Gasteiger partial charge in [-0.3, -0.25) is 4.84 Å². The summed E-state index contributed by atoms with van der Waals surface area (Å²) in [4.78, 5) is 37.9. The van der Waals surface area contributed by atoms with Crippen molar-refractivity contribution in [3.63, 3.8) is 0 Å². The molecule has 176 valence electrons. The Morgan fingerprint density at radius 2 is 1.88 bits per heavy atom. The van der Waals surface area contributed by atoms with Crippen molar-refractivity contribution in [3.8, 4) is 5.75 Å². The van der Waals surface area contributed by atoms with Gasteiger partial charge in [-0.1, -0.05) is 32.4 Å². The van der Waals surface area contributed by atoms with Crippen LogP contribution >= 0.6 is 11.6 Å². The number of halogens is 4. The molecule has 32 heavy (non-hydrogen) atoms. The molecule has 1 aliphatic heterocycles. The van der Waals surface area contributed by atoms with Gasteiger partial charge in [-0.05, 0) is 36.1 Å². The lowest BCUT2D eigenvalue weighted by Gasteiger charge is -2.30. The van der Waals surface area contributed by atoms with Crippen molar-refractivity contribution in [2.45, 2.75) is 51.5 Å². The van der Waals surface area contributed by atoms with Crippen LogP contribution in [0.4, 0.5) is 13.2 Å². The van der Waals surface area contributed by atoms with Crippen molar-refractivity contribution in [2.75, 3.05) is 6.79 Å². The third-order valence-electron chi connectivity index (χ3n) is 4.25. The topological polar surface area (TPSA) is 114 Å². The molecule has 1 aromatic rings. The summed E-state index contributed by atoms with van der Waals surface area (Å²) in [6, 6.07) is 2.75. The number of hydrogen-bond acceptors (Lipinski definition) is 8. The van der Waals surface area contributed by atoms with Crippen LogP contribution in [-0.4, -0.2) is 42.2 Å². The highest BCUT2D eigenvalue weighted by molar-refractivity contribution is 6.31. The van der Waals surface area contributed by atoms with E-state index >= 15 is 0 Å². The van der Waals surface area contributed by atoms with Gasteiger partial charge >= 0.3 is 18.1 Å². The summed E-state index contributed by atoms with van der Waals surface area (Å²) in [5, 5.41) is 9.22. The molecule has 2 rings (SSSR count). The molecule has 0 aromatic heterocycles. The van der Waals surface area contributed by atoms with Crippen LogP contribution in [0.2, 0.25) is 5.02 Å². The van der Waals surface area contributed by atoms with Crippen molar-refractivity contribution in [1.29, 1.82) is 0 Å². The van der Waals surface area contributed by atoms with E-state index in [1.54, 1.807) is 0 Å². The van der Waals surface area contributed by atoms with Crippen LogP contribution in [0.15, 0.2) is 17.7 Å². The second-order valence-corrected chi connectivity index (χ2v) is 8.15. The molecule has 0 N–H and O–H groups in total. The van der Waals surface area contributed by atoms with E-state index in [-0.39, 0.29) is 16.3 Å². The fraction of sp³-hybridized carbons (Fsp3) is 0.474. The molecule has 0 saturated heterocycles. The summed E-state index contributed by atoms with van der Waals surface area (Å²) in [5.41, 5.74) is -0.696. The standard InChI is InChI=1S/C19H19ClF3NO8/c1-9(32-24(27)28)16(25)29-8-30-17(26)11-5-10-6-13(20)12(18(2,3)4)7-14(10)31-15(11)19(21,22)23/h5-7,9,15H,8H2,1-4H3/t9-,15?/m0/s1. The molecular formula is C19H19ClF3NO8. The molecule has 2 atom stereocenters. The zero-order valence-electron chi connectivity index (χ0n) is 17.3. The maximum Gasteiger partial charge on any atom is 0.430 e. The van der Waals surface area contributed by atoms with Crippen molar-refractivity contribution in [3.05, 3.63) is 44.0 Å². The van der Waals surface area contributed by atoms with Crippen molar-refractivity contribution in [1.82, 2.24) is 0 Å². The molecule has 0 radical (unpaired) electrons. The van der Waals surface area contributed by atoms with Crippen molar-refractivity contribution in [2.24, 2.45) is 0 Å².